The van der Waals surface area contributed by atoms with Crippen molar-refractivity contribution in [3.63, 3.8) is 0 Å². The van der Waals surface area contributed by atoms with Crippen LogP contribution >= 0.6 is 23.4 Å². The van der Waals surface area contributed by atoms with Crippen LogP contribution in [-0.4, -0.2) is 30.4 Å². The molecule has 0 saturated heterocycles. The van der Waals surface area contributed by atoms with Crippen molar-refractivity contribution in [3.05, 3.63) is 29.3 Å². The van der Waals surface area contributed by atoms with Gasteiger partial charge in [-0.05, 0) is 19.1 Å². The number of nitrogens with one attached hydrogen (secondary N) is 1. The van der Waals surface area contributed by atoms with Crippen LogP contribution in [0.3, 0.4) is 0 Å². The van der Waals surface area contributed by atoms with E-state index in [1.165, 1.54) is 0 Å². The van der Waals surface area contributed by atoms with Gasteiger partial charge in [-0.2, -0.15) is 0 Å². The Kier molecular flexibility index (Phi) is 7.28. The maximum atomic E-state index is 11.9. The largest absolute Gasteiger partial charge is 0.465 e. The first-order chi connectivity index (χ1) is 9.04. The van der Waals surface area contributed by atoms with E-state index < -0.39 is 0 Å². The molecule has 5 heteroatoms. The Morgan fingerprint density at radius 1 is 1.42 bits per heavy atom. The van der Waals surface area contributed by atoms with E-state index in [9.17, 15) is 4.79 Å². The molecule has 0 heterocycles. The zero-order chi connectivity index (χ0) is 14.3. The van der Waals surface area contributed by atoms with Crippen LogP contribution < -0.4 is 5.32 Å². The summed E-state index contributed by atoms with van der Waals surface area (Å²) >= 11 is 7.65. The van der Waals surface area contributed by atoms with Crippen molar-refractivity contribution >= 4 is 29.3 Å². The molecule has 3 nitrogen and oxygen atoms in total. The summed E-state index contributed by atoms with van der Waals surface area (Å²) in [5, 5.41) is 3.92. The molecule has 0 aliphatic carbocycles. The van der Waals surface area contributed by atoms with E-state index in [1.54, 1.807) is 11.8 Å². The number of esters is 1. The zero-order valence-corrected chi connectivity index (χ0v) is 13.1. The second-order valence-electron chi connectivity index (χ2n) is 4.37. The second kappa shape index (κ2) is 8.46. The molecule has 0 saturated carbocycles. The van der Waals surface area contributed by atoms with Crippen molar-refractivity contribution in [2.45, 2.75) is 37.8 Å². The van der Waals surface area contributed by atoms with Crippen molar-refractivity contribution in [2.24, 2.45) is 0 Å². The lowest BCUT2D eigenvalue weighted by molar-refractivity contribution is -0.145. The number of halogens is 1. The van der Waals surface area contributed by atoms with Crippen molar-refractivity contribution in [3.8, 4) is 0 Å². The number of hydrogen-bond acceptors (Lipinski definition) is 4. The quantitative estimate of drug-likeness (QED) is 0.619. The fraction of sp³-hybridized carbons (Fsp3) is 0.500. The topological polar surface area (TPSA) is 38.3 Å². The molecule has 0 spiro atoms. The van der Waals surface area contributed by atoms with E-state index >= 15 is 0 Å². The molecule has 0 radical (unpaired) electrons. The lowest BCUT2D eigenvalue weighted by Crippen LogP contribution is -2.43. The van der Waals surface area contributed by atoms with Gasteiger partial charge in [0, 0.05) is 16.7 Å². The predicted octanol–water partition coefficient (Wildman–Crippen LogP) is 3.36. The third-order valence-electron chi connectivity index (χ3n) is 2.35. The lowest BCUT2D eigenvalue weighted by Gasteiger charge is -2.19. The van der Waals surface area contributed by atoms with E-state index in [0.717, 1.165) is 4.90 Å². The van der Waals surface area contributed by atoms with E-state index in [4.69, 9.17) is 16.3 Å². The normalized spacial score (nSPS) is 12.5. The molecule has 1 unspecified atom stereocenters. The smallest absolute Gasteiger partial charge is 0.324 e. The van der Waals surface area contributed by atoms with Gasteiger partial charge in [0.05, 0.1) is 11.6 Å². The molecule has 0 fully saturated rings. The van der Waals surface area contributed by atoms with Crippen molar-refractivity contribution in [1.82, 2.24) is 5.32 Å². The Hall–Kier alpha value is -0.710. The fourth-order valence-electron chi connectivity index (χ4n) is 1.56. The molecule has 1 N–H and O–H groups in total. The van der Waals surface area contributed by atoms with Crippen LogP contribution in [0.25, 0.3) is 0 Å². The maximum absolute atomic E-state index is 11.9. The van der Waals surface area contributed by atoms with Crippen LogP contribution in [0.1, 0.15) is 20.8 Å². The summed E-state index contributed by atoms with van der Waals surface area (Å²) < 4.78 is 5.08. The highest BCUT2D eigenvalue weighted by Gasteiger charge is 2.20. The van der Waals surface area contributed by atoms with Gasteiger partial charge in [-0.1, -0.05) is 37.6 Å². The molecule has 1 atom stereocenters. The number of rotatable bonds is 7. The minimum Gasteiger partial charge on any atom is -0.465 e. The SMILES string of the molecule is CCOC(=O)C(CSc1ccccc1Cl)NC(C)C. The van der Waals surface area contributed by atoms with Gasteiger partial charge in [-0.3, -0.25) is 4.79 Å². The predicted molar refractivity (Wildman–Crippen MR) is 80.9 cm³/mol. The van der Waals surface area contributed by atoms with Gasteiger partial charge in [0.1, 0.15) is 6.04 Å². The van der Waals surface area contributed by atoms with Gasteiger partial charge in [-0.25, -0.2) is 0 Å². The van der Waals surface area contributed by atoms with Crippen molar-refractivity contribution in [1.29, 1.82) is 0 Å². The average Bonchev–Trinajstić information content (AvgIpc) is 2.36. The molecule has 0 aromatic heterocycles. The number of carbonyl (C=O) groups excluding carboxylic acids is 1. The molecule has 1 rings (SSSR count). The highest BCUT2D eigenvalue weighted by atomic mass is 35.5. The molecule has 0 bridgehead atoms. The first-order valence-electron chi connectivity index (χ1n) is 6.34. The minimum atomic E-state index is -0.318. The number of benzene rings is 1. The molecular weight excluding hydrogens is 282 g/mol. The summed E-state index contributed by atoms with van der Waals surface area (Å²) in [6, 6.07) is 7.52. The molecule has 106 valence electrons. The van der Waals surface area contributed by atoms with Gasteiger partial charge < -0.3 is 10.1 Å². The Morgan fingerprint density at radius 3 is 2.68 bits per heavy atom. The standard InChI is InChI=1S/C14H20ClNO2S/c1-4-18-14(17)12(16-10(2)3)9-19-13-8-6-5-7-11(13)15/h5-8,10,12,16H,4,9H2,1-3H3. The number of carbonyl (C=O) groups is 1. The number of ether oxygens (including phenoxy) is 1. The Balaban J connectivity index is 2.62. The first-order valence-corrected chi connectivity index (χ1v) is 7.71. The van der Waals surface area contributed by atoms with E-state index in [1.807, 2.05) is 45.0 Å². The van der Waals surface area contributed by atoms with Crippen LogP contribution in [-0.2, 0) is 9.53 Å². The Morgan fingerprint density at radius 2 is 2.11 bits per heavy atom. The van der Waals surface area contributed by atoms with E-state index in [0.29, 0.717) is 17.4 Å². The summed E-state index contributed by atoms with van der Waals surface area (Å²) in [4.78, 5) is 12.8. The molecule has 0 aliphatic rings. The summed E-state index contributed by atoms with van der Waals surface area (Å²) in [7, 11) is 0. The van der Waals surface area contributed by atoms with E-state index in [-0.39, 0.29) is 18.1 Å². The molecule has 0 amide bonds. The van der Waals surface area contributed by atoms with Crippen LogP contribution in [0, 0.1) is 0 Å². The van der Waals surface area contributed by atoms with Gasteiger partial charge in [0.15, 0.2) is 0 Å². The van der Waals surface area contributed by atoms with E-state index in [2.05, 4.69) is 5.32 Å². The van der Waals surface area contributed by atoms with Crippen molar-refractivity contribution in [2.75, 3.05) is 12.4 Å². The summed E-state index contributed by atoms with van der Waals surface area (Å²) in [5.74, 6) is 0.386. The van der Waals surface area contributed by atoms with Gasteiger partial charge in [-0.15, -0.1) is 11.8 Å². The number of thioether (sulfide) groups is 1. The van der Waals surface area contributed by atoms with Gasteiger partial charge >= 0.3 is 5.97 Å². The third-order valence-corrected chi connectivity index (χ3v) is 3.96. The lowest BCUT2D eigenvalue weighted by atomic mass is 10.3. The van der Waals surface area contributed by atoms with Gasteiger partial charge in [0.2, 0.25) is 0 Å². The molecule has 19 heavy (non-hydrogen) atoms. The average molecular weight is 302 g/mol. The summed E-state index contributed by atoms with van der Waals surface area (Å²) in [6.45, 7) is 6.22. The zero-order valence-electron chi connectivity index (χ0n) is 11.5. The van der Waals surface area contributed by atoms with Crippen LogP contribution in [0.4, 0.5) is 0 Å². The van der Waals surface area contributed by atoms with Crippen LogP contribution in [0.15, 0.2) is 29.2 Å². The monoisotopic (exact) mass is 301 g/mol. The summed E-state index contributed by atoms with van der Waals surface area (Å²) in [6.07, 6.45) is 0. The molecular formula is C14H20ClNO2S. The Bertz CT molecular complexity index is 412. The van der Waals surface area contributed by atoms with Gasteiger partial charge in [0.25, 0.3) is 0 Å². The Labute approximate surface area is 124 Å². The molecule has 1 aromatic carbocycles. The highest BCUT2D eigenvalue weighted by molar-refractivity contribution is 7.99. The minimum absolute atomic E-state index is 0.212. The second-order valence-corrected chi connectivity index (χ2v) is 5.84. The van der Waals surface area contributed by atoms with Crippen molar-refractivity contribution < 1.29 is 9.53 Å². The molecule has 0 aliphatic heterocycles. The fourth-order valence-corrected chi connectivity index (χ4v) is 2.82. The maximum Gasteiger partial charge on any atom is 0.324 e. The van der Waals surface area contributed by atoms with Crippen LogP contribution in [0.5, 0.6) is 0 Å². The van der Waals surface area contributed by atoms with Crippen LogP contribution in [0.2, 0.25) is 5.02 Å². The summed E-state index contributed by atoms with van der Waals surface area (Å²) in [5.41, 5.74) is 0. The first kappa shape index (κ1) is 16.3. The molecule has 1 aromatic rings. The number of hydrogen-bond donors (Lipinski definition) is 1. The highest BCUT2D eigenvalue weighted by Crippen LogP contribution is 2.27. The third kappa shape index (κ3) is 5.85.